The Labute approximate surface area is 132 Å². The highest BCUT2D eigenvalue weighted by Gasteiger charge is 2.34. The van der Waals surface area contributed by atoms with Gasteiger partial charge in [-0.15, -0.1) is 0 Å². The fraction of sp³-hybridized carbons (Fsp3) is 0.533. The number of nitrogens with two attached hydrogens (primary N) is 1. The topological polar surface area (TPSA) is 63.4 Å². The third-order valence-electron chi connectivity index (χ3n) is 3.97. The minimum absolute atomic E-state index is 0.0269. The number of nitrogens with zero attached hydrogens (tertiary/aromatic N) is 1. The number of hydrogen-bond donors (Lipinski definition) is 1. The SMILES string of the molecule is Cc1cc(S(=O)(=O)N2CCCC(C)(C)C2)ccc1C(N)=S. The van der Waals surface area contributed by atoms with Crippen LogP contribution < -0.4 is 5.73 Å². The zero-order valence-electron chi connectivity index (χ0n) is 12.7. The van der Waals surface area contributed by atoms with Gasteiger partial charge in [0, 0.05) is 18.7 Å². The Balaban J connectivity index is 2.36. The monoisotopic (exact) mass is 326 g/mol. The lowest BCUT2D eigenvalue weighted by atomic mass is 9.85. The van der Waals surface area contributed by atoms with Crippen molar-refractivity contribution < 1.29 is 8.42 Å². The highest BCUT2D eigenvalue weighted by Crippen LogP contribution is 2.32. The van der Waals surface area contributed by atoms with Gasteiger partial charge in [-0.2, -0.15) is 4.31 Å². The van der Waals surface area contributed by atoms with E-state index >= 15 is 0 Å². The van der Waals surface area contributed by atoms with Gasteiger partial charge >= 0.3 is 0 Å². The second-order valence-electron chi connectivity index (χ2n) is 6.45. The third-order valence-corrected chi connectivity index (χ3v) is 6.03. The molecule has 0 spiro atoms. The molecule has 0 saturated carbocycles. The van der Waals surface area contributed by atoms with Crippen LogP contribution in [0, 0.1) is 12.3 Å². The number of hydrogen-bond acceptors (Lipinski definition) is 3. The maximum atomic E-state index is 12.8. The van der Waals surface area contributed by atoms with Crippen molar-refractivity contribution in [3.63, 3.8) is 0 Å². The summed E-state index contributed by atoms with van der Waals surface area (Å²) in [6, 6.07) is 4.95. The van der Waals surface area contributed by atoms with Gasteiger partial charge in [-0.05, 0) is 42.9 Å². The lowest BCUT2D eigenvalue weighted by Crippen LogP contribution is -2.43. The Kier molecular flexibility index (Phi) is 4.42. The van der Waals surface area contributed by atoms with Crippen molar-refractivity contribution in [2.75, 3.05) is 13.1 Å². The number of thiocarbonyl (C=S) groups is 1. The second kappa shape index (κ2) is 5.66. The van der Waals surface area contributed by atoms with Crippen molar-refractivity contribution >= 4 is 27.2 Å². The number of rotatable bonds is 3. The summed E-state index contributed by atoms with van der Waals surface area (Å²) >= 11 is 4.96. The van der Waals surface area contributed by atoms with Crippen LogP contribution in [0.2, 0.25) is 0 Å². The van der Waals surface area contributed by atoms with Crippen molar-refractivity contribution in [1.29, 1.82) is 0 Å². The molecule has 1 aliphatic rings. The van der Waals surface area contributed by atoms with Crippen LogP contribution in [-0.2, 0) is 10.0 Å². The molecule has 2 N–H and O–H groups in total. The average Bonchev–Trinajstić information content (AvgIpc) is 2.36. The first kappa shape index (κ1) is 16.4. The Bertz CT molecular complexity index is 666. The van der Waals surface area contributed by atoms with E-state index in [0.717, 1.165) is 24.0 Å². The van der Waals surface area contributed by atoms with E-state index < -0.39 is 10.0 Å². The molecule has 1 fully saturated rings. The highest BCUT2D eigenvalue weighted by atomic mass is 32.2. The van der Waals surface area contributed by atoms with E-state index in [-0.39, 0.29) is 10.4 Å². The minimum Gasteiger partial charge on any atom is -0.389 e. The van der Waals surface area contributed by atoms with Crippen molar-refractivity contribution in [2.24, 2.45) is 11.1 Å². The third kappa shape index (κ3) is 3.44. The maximum Gasteiger partial charge on any atom is 0.243 e. The van der Waals surface area contributed by atoms with Gasteiger partial charge in [0.2, 0.25) is 10.0 Å². The zero-order valence-corrected chi connectivity index (χ0v) is 14.4. The Morgan fingerprint density at radius 3 is 2.57 bits per heavy atom. The zero-order chi connectivity index (χ0) is 15.8. The second-order valence-corrected chi connectivity index (χ2v) is 8.83. The Hall–Kier alpha value is -0.980. The smallest absolute Gasteiger partial charge is 0.243 e. The minimum atomic E-state index is -3.45. The first-order valence-electron chi connectivity index (χ1n) is 7.04. The molecule has 4 nitrogen and oxygen atoms in total. The summed E-state index contributed by atoms with van der Waals surface area (Å²) in [5, 5.41) is 0. The van der Waals surface area contributed by atoms with E-state index in [1.807, 2.05) is 6.92 Å². The van der Waals surface area contributed by atoms with Gasteiger partial charge in [0.15, 0.2) is 0 Å². The van der Waals surface area contributed by atoms with Crippen LogP contribution in [0.5, 0.6) is 0 Å². The molecule has 1 aromatic carbocycles. The van der Waals surface area contributed by atoms with Gasteiger partial charge < -0.3 is 5.73 Å². The van der Waals surface area contributed by atoms with E-state index in [9.17, 15) is 8.42 Å². The van der Waals surface area contributed by atoms with Crippen molar-refractivity contribution in [3.8, 4) is 0 Å². The number of benzene rings is 1. The molecule has 0 atom stereocenters. The molecular formula is C15H22N2O2S2. The first-order chi connectivity index (χ1) is 9.63. The molecule has 0 bridgehead atoms. The van der Waals surface area contributed by atoms with Gasteiger partial charge in [0.1, 0.15) is 4.99 Å². The van der Waals surface area contributed by atoms with Crippen LogP contribution in [0.3, 0.4) is 0 Å². The molecule has 1 aliphatic heterocycles. The van der Waals surface area contributed by atoms with Gasteiger partial charge in [-0.1, -0.05) is 32.1 Å². The molecule has 0 aromatic heterocycles. The fourth-order valence-corrected chi connectivity index (χ4v) is 4.78. The molecule has 116 valence electrons. The molecule has 6 heteroatoms. The standard InChI is InChI=1S/C15H22N2O2S2/c1-11-9-12(5-6-13(11)14(16)20)21(18,19)17-8-4-7-15(2,3)10-17/h5-6,9H,4,7-8,10H2,1-3H3,(H2,16,20). The van der Waals surface area contributed by atoms with Crippen LogP contribution in [0.4, 0.5) is 0 Å². The van der Waals surface area contributed by atoms with Gasteiger partial charge in [-0.3, -0.25) is 0 Å². The molecule has 0 amide bonds. The predicted octanol–water partition coefficient (Wildman–Crippen LogP) is 2.44. The quantitative estimate of drug-likeness (QED) is 0.867. The molecular weight excluding hydrogens is 304 g/mol. The molecule has 2 rings (SSSR count). The molecule has 1 aromatic rings. The van der Waals surface area contributed by atoms with Gasteiger partial charge in [0.25, 0.3) is 0 Å². The van der Waals surface area contributed by atoms with Crippen LogP contribution in [-0.4, -0.2) is 30.8 Å². The van der Waals surface area contributed by atoms with E-state index in [4.69, 9.17) is 18.0 Å². The number of aryl methyl sites for hydroxylation is 1. The van der Waals surface area contributed by atoms with E-state index in [2.05, 4.69) is 13.8 Å². The Morgan fingerprint density at radius 1 is 1.38 bits per heavy atom. The molecule has 0 aliphatic carbocycles. The molecule has 1 saturated heterocycles. The van der Waals surface area contributed by atoms with E-state index in [1.54, 1.807) is 22.5 Å². The van der Waals surface area contributed by atoms with Crippen LogP contribution in [0.1, 0.15) is 37.8 Å². The summed E-state index contributed by atoms with van der Waals surface area (Å²) in [4.78, 5) is 0.605. The number of sulfonamides is 1. The summed E-state index contributed by atoms with van der Waals surface area (Å²) in [7, 11) is -3.45. The van der Waals surface area contributed by atoms with Crippen LogP contribution >= 0.6 is 12.2 Å². The maximum absolute atomic E-state index is 12.8. The molecule has 0 unspecified atom stereocenters. The lowest BCUT2D eigenvalue weighted by Gasteiger charge is -2.37. The predicted molar refractivity (Wildman–Crippen MR) is 88.8 cm³/mol. The summed E-state index contributed by atoms with van der Waals surface area (Å²) < 4.78 is 27.1. The molecule has 21 heavy (non-hydrogen) atoms. The van der Waals surface area contributed by atoms with Gasteiger partial charge in [0.05, 0.1) is 4.90 Å². The van der Waals surface area contributed by atoms with Crippen molar-refractivity contribution in [1.82, 2.24) is 4.31 Å². The lowest BCUT2D eigenvalue weighted by molar-refractivity contribution is 0.187. The summed E-state index contributed by atoms with van der Waals surface area (Å²) in [6.07, 6.45) is 1.95. The van der Waals surface area contributed by atoms with E-state index in [0.29, 0.717) is 18.0 Å². The van der Waals surface area contributed by atoms with Crippen molar-refractivity contribution in [2.45, 2.75) is 38.5 Å². The number of piperidine rings is 1. The molecule has 0 radical (unpaired) electrons. The highest BCUT2D eigenvalue weighted by molar-refractivity contribution is 7.89. The summed E-state index contributed by atoms with van der Waals surface area (Å²) in [5.74, 6) is 0. The van der Waals surface area contributed by atoms with Crippen LogP contribution in [0.25, 0.3) is 0 Å². The average molecular weight is 326 g/mol. The Morgan fingerprint density at radius 2 is 2.05 bits per heavy atom. The van der Waals surface area contributed by atoms with Crippen LogP contribution in [0.15, 0.2) is 23.1 Å². The van der Waals surface area contributed by atoms with Gasteiger partial charge in [-0.25, -0.2) is 8.42 Å². The van der Waals surface area contributed by atoms with Crippen molar-refractivity contribution in [3.05, 3.63) is 29.3 Å². The summed E-state index contributed by atoms with van der Waals surface area (Å²) in [6.45, 7) is 7.19. The largest absolute Gasteiger partial charge is 0.389 e. The fourth-order valence-electron chi connectivity index (χ4n) is 2.80. The normalized spacial score (nSPS) is 19.4. The van der Waals surface area contributed by atoms with E-state index in [1.165, 1.54) is 0 Å². The molecule has 1 heterocycles. The first-order valence-corrected chi connectivity index (χ1v) is 8.89. The summed E-state index contributed by atoms with van der Waals surface area (Å²) in [5.41, 5.74) is 7.17.